The van der Waals surface area contributed by atoms with Gasteiger partial charge < -0.3 is 15.3 Å². The first-order chi connectivity index (χ1) is 15.9. The van der Waals surface area contributed by atoms with Crippen LogP contribution in [0.15, 0.2) is 0 Å². The number of ketones is 1. The molecule has 0 amide bonds. The van der Waals surface area contributed by atoms with Gasteiger partial charge in [-0.2, -0.15) is 0 Å². The molecule has 4 fully saturated rings. The highest BCUT2D eigenvalue weighted by molar-refractivity contribution is 5.83. The van der Waals surface area contributed by atoms with Crippen LogP contribution in [-0.2, 0) is 4.79 Å². The first kappa shape index (κ1) is 26.5. The van der Waals surface area contributed by atoms with Crippen LogP contribution in [0, 0.1) is 58.2 Å². The van der Waals surface area contributed by atoms with E-state index in [0.29, 0.717) is 36.5 Å². The van der Waals surface area contributed by atoms with E-state index in [1.807, 2.05) is 0 Å². The van der Waals surface area contributed by atoms with Crippen LogP contribution in [-0.4, -0.2) is 45.6 Å². The van der Waals surface area contributed by atoms with E-state index in [1.54, 1.807) is 0 Å². The summed E-state index contributed by atoms with van der Waals surface area (Å²) in [5.74, 6) is 1.74. The first-order valence-electron chi connectivity index (χ1n) is 14.1. The van der Waals surface area contributed by atoms with Crippen LogP contribution in [0.5, 0.6) is 0 Å². The van der Waals surface area contributed by atoms with Gasteiger partial charge in [0.1, 0.15) is 12.0 Å². The molecule has 4 aliphatic rings. The molecule has 0 unspecified atom stereocenters. The van der Waals surface area contributed by atoms with Crippen LogP contribution in [0.25, 0.3) is 0 Å². The Morgan fingerprint density at radius 1 is 1.03 bits per heavy atom. The Balaban J connectivity index is 1.55. The Kier molecular flexibility index (Phi) is 7.35. The van der Waals surface area contributed by atoms with Crippen molar-refractivity contribution in [3.05, 3.63) is 0 Å². The summed E-state index contributed by atoms with van der Waals surface area (Å²) in [4.78, 5) is 13.3. The third-order valence-corrected chi connectivity index (χ3v) is 11.8. The summed E-state index contributed by atoms with van der Waals surface area (Å²) in [5, 5.41) is 32.4. The van der Waals surface area contributed by atoms with Gasteiger partial charge in [-0.25, -0.2) is 4.39 Å². The van der Waals surface area contributed by atoms with Crippen molar-refractivity contribution in [2.45, 2.75) is 117 Å². The minimum atomic E-state index is -1.23. The summed E-state index contributed by atoms with van der Waals surface area (Å²) >= 11 is 0. The Bertz CT molecular complexity index is 756. The van der Waals surface area contributed by atoms with Gasteiger partial charge in [-0.15, -0.1) is 0 Å². The van der Waals surface area contributed by atoms with Crippen LogP contribution < -0.4 is 0 Å². The molecule has 0 aromatic carbocycles. The summed E-state index contributed by atoms with van der Waals surface area (Å²) in [6.07, 6.45) is 2.39. The maximum Gasteiger partial charge on any atom is 0.136 e. The van der Waals surface area contributed by atoms with Crippen molar-refractivity contribution in [2.24, 2.45) is 58.2 Å². The van der Waals surface area contributed by atoms with E-state index in [4.69, 9.17) is 0 Å². The number of fused-ring (bicyclic) bond motifs is 5. The van der Waals surface area contributed by atoms with E-state index in [2.05, 4.69) is 41.5 Å². The van der Waals surface area contributed by atoms with Crippen LogP contribution in [0.4, 0.5) is 4.39 Å². The predicted molar refractivity (Wildman–Crippen MR) is 132 cm³/mol. The number of hydrogen-bond acceptors (Lipinski definition) is 4. The molecule has 0 heterocycles. The van der Waals surface area contributed by atoms with Crippen LogP contribution in [0.2, 0.25) is 0 Å². The monoisotopic (exact) mass is 480 g/mol. The quantitative estimate of drug-likeness (QED) is 0.490. The SMILES string of the molecule is CC[C@@H](C(C)C)[C@@H](O)[C@H](O)[C@@H](C)[C@H]1CC[C@H]2[C@@H]3CC(=O)[C@H]4C[C@@H](O)[C@H](F)C[C@]4(C)[C@H]3CC[C@]12C. The molecule has 196 valence electrons. The highest BCUT2D eigenvalue weighted by Gasteiger charge is 2.64. The molecule has 34 heavy (non-hydrogen) atoms. The summed E-state index contributed by atoms with van der Waals surface area (Å²) in [6.45, 7) is 12.9. The van der Waals surface area contributed by atoms with E-state index in [1.165, 1.54) is 0 Å². The smallest absolute Gasteiger partial charge is 0.136 e. The third kappa shape index (κ3) is 4.00. The molecule has 0 aliphatic heterocycles. The fraction of sp³-hybridized carbons (Fsp3) is 0.966. The molecular weight excluding hydrogens is 431 g/mol. The number of alkyl halides is 1. The molecule has 13 atom stereocenters. The summed E-state index contributed by atoms with van der Waals surface area (Å²) in [6, 6.07) is 0. The third-order valence-electron chi connectivity index (χ3n) is 11.8. The lowest BCUT2D eigenvalue weighted by Crippen LogP contribution is -2.59. The summed E-state index contributed by atoms with van der Waals surface area (Å²) < 4.78 is 14.7. The molecule has 5 heteroatoms. The molecule has 4 nitrogen and oxygen atoms in total. The lowest BCUT2D eigenvalue weighted by Gasteiger charge is -2.60. The molecule has 4 aliphatic carbocycles. The van der Waals surface area contributed by atoms with E-state index < -0.39 is 24.5 Å². The highest BCUT2D eigenvalue weighted by Crippen LogP contribution is 2.68. The Morgan fingerprint density at radius 2 is 1.68 bits per heavy atom. The van der Waals surface area contributed by atoms with E-state index in [-0.39, 0.29) is 46.7 Å². The number of carbonyl (C=O) groups is 1. The fourth-order valence-corrected chi connectivity index (χ4v) is 9.85. The lowest BCUT2D eigenvalue weighted by atomic mass is 9.44. The number of carbonyl (C=O) groups excluding carboxylic acids is 1. The lowest BCUT2D eigenvalue weighted by molar-refractivity contribution is -0.169. The van der Waals surface area contributed by atoms with Gasteiger partial charge >= 0.3 is 0 Å². The average Bonchev–Trinajstić information content (AvgIpc) is 3.12. The maximum absolute atomic E-state index is 14.7. The van der Waals surface area contributed by atoms with Crippen molar-refractivity contribution >= 4 is 5.78 Å². The minimum absolute atomic E-state index is 0.00275. The van der Waals surface area contributed by atoms with Gasteiger partial charge in [-0.05, 0) is 90.8 Å². The summed E-state index contributed by atoms with van der Waals surface area (Å²) in [5.41, 5.74) is -0.321. The second-order valence-electron chi connectivity index (χ2n) is 13.5. The van der Waals surface area contributed by atoms with Gasteiger partial charge in [-0.1, -0.05) is 48.0 Å². The highest BCUT2D eigenvalue weighted by atomic mass is 19.1. The average molecular weight is 481 g/mol. The number of Topliss-reactive ketones (excluding diaryl/α,β-unsaturated/α-hetero) is 1. The van der Waals surface area contributed by atoms with Gasteiger partial charge in [0.25, 0.3) is 0 Å². The van der Waals surface area contributed by atoms with Crippen molar-refractivity contribution in [3.63, 3.8) is 0 Å². The predicted octanol–water partition coefficient (Wildman–Crippen LogP) is 5.17. The van der Waals surface area contributed by atoms with Crippen molar-refractivity contribution in [1.82, 2.24) is 0 Å². The number of halogens is 1. The summed E-state index contributed by atoms with van der Waals surface area (Å²) in [7, 11) is 0. The number of hydrogen-bond donors (Lipinski definition) is 3. The molecular formula is C29H49FO4. The van der Waals surface area contributed by atoms with Gasteiger partial charge in [0.05, 0.1) is 18.3 Å². The molecule has 0 aromatic rings. The van der Waals surface area contributed by atoms with Crippen molar-refractivity contribution in [1.29, 1.82) is 0 Å². The Hall–Kier alpha value is -0.520. The van der Waals surface area contributed by atoms with Crippen LogP contribution >= 0.6 is 0 Å². The molecule has 4 rings (SSSR count). The van der Waals surface area contributed by atoms with Gasteiger partial charge in [0.2, 0.25) is 0 Å². The van der Waals surface area contributed by atoms with Gasteiger partial charge in [0.15, 0.2) is 0 Å². The van der Waals surface area contributed by atoms with Gasteiger partial charge in [-0.3, -0.25) is 4.79 Å². The largest absolute Gasteiger partial charge is 0.390 e. The van der Waals surface area contributed by atoms with E-state index in [9.17, 15) is 24.5 Å². The number of aliphatic hydroxyl groups is 3. The molecule has 3 N–H and O–H groups in total. The standard InChI is InChI=1S/C29H49FO4/c1-7-17(15(2)3)27(34)26(33)16(4)19-8-9-20-18-12-24(31)22-13-25(32)23(30)14-29(22,6)21(18)10-11-28(19,20)5/h15-23,25-27,32-34H,7-14H2,1-6H3/t16-,17-,18-,19+,20-,21-,22+,23+,25+,26+,27+,28+,29+/m0/s1. The second kappa shape index (κ2) is 9.41. The van der Waals surface area contributed by atoms with Crippen LogP contribution in [0.3, 0.4) is 0 Å². The zero-order valence-electron chi connectivity index (χ0n) is 22.2. The molecule has 0 bridgehead atoms. The topological polar surface area (TPSA) is 77.8 Å². The van der Waals surface area contributed by atoms with Crippen molar-refractivity contribution in [3.8, 4) is 0 Å². The van der Waals surface area contributed by atoms with Crippen molar-refractivity contribution in [2.75, 3.05) is 0 Å². The molecule has 4 saturated carbocycles. The van der Waals surface area contributed by atoms with Gasteiger partial charge in [0, 0.05) is 12.3 Å². The first-order valence-corrected chi connectivity index (χ1v) is 14.1. The van der Waals surface area contributed by atoms with Crippen LogP contribution in [0.1, 0.15) is 92.9 Å². The number of rotatable bonds is 6. The normalized spacial score (nSPS) is 48.0. The molecule has 0 radical (unpaired) electrons. The zero-order chi connectivity index (χ0) is 25.2. The maximum atomic E-state index is 14.7. The molecule has 0 spiro atoms. The fourth-order valence-electron chi connectivity index (χ4n) is 9.85. The van der Waals surface area contributed by atoms with E-state index in [0.717, 1.165) is 32.1 Å². The molecule has 0 saturated heterocycles. The number of aliphatic hydroxyl groups excluding tert-OH is 3. The Morgan fingerprint density at radius 3 is 2.29 bits per heavy atom. The molecule has 0 aromatic heterocycles. The second-order valence-corrected chi connectivity index (χ2v) is 13.5. The van der Waals surface area contributed by atoms with Crippen molar-refractivity contribution < 1.29 is 24.5 Å². The minimum Gasteiger partial charge on any atom is -0.390 e. The zero-order valence-corrected chi connectivity index (χ0v) is 22.2. The van der Waals surface area contributed by atoms with E-state index >= 15 is 0 Å². The Labute approximate surface area is 206 Å².